The van der Waals surface area contributed by atoms with Crippen molar-refractivity contribution >= 4 is 5.78 Å². The van der Waals surface area contributed by atoms with E-state index in [1.807, 2.05) is 25.4 Å². The summed E-state index contributed by atoms with van der Waals surface area (Å²) in [4.78, 5) is 11.9. The molecular weight excluding hydrogens is 262 g/mol. The summed E-state index contributed by atoms with van der Waals surface area (Å²) in [5.74, 6) is 1.22. The van der Waals surface area contributed by atoms with Gasteiger partial charge in [-0.1, -0.05) is 24.6 Å². The Labute approximate surface area is 125 Å². The van der Waals surface area contributed by atoms with Crippen LogP contribution in [0.1, 0.15) is 41.3 Å². The maximum absolute atomic E-state index is 11.9. The molecule has 3 rings (SSSR count). The summed E-state index contributed by atoms with van der Waals surface area (Å²) in [6.07, 6.45) is 6.52. The molecule has 0 amide bonds. The number of ketones is 1. The third kappa shape index (κ3) is 3.02. The highest BCUT2D eigenvalue weighted by molar-refractivity contribution is 5.95. The third-order valence-corrected chi connectivity index (χ3v) is 3.92. The van der Waals surface area contributed by atoms with Gasteiger partial charge in [0.25, 0.3) is 0 Å². The lowest BCUT2D eigenvalue weighted by Crippen LogP contribution is -2.19. The van der Waals surface area contributed by atoms with Crippen LogP contribution in [-0.2, 0) is 13.0 Å². The van der Waals surface area contributed by atoms with Crippen molar-refractivity contribution in [3.63, 3.8) is 0 Å². The molecule has 1 aliphatic rings. The Morgan fingerprint density at radius 1 is 1.38 bits per heavy atom. The van der Waals surface area contributed by atoms with E-state index in [9.17, 15) is 4.79 Å². The van der Waals surface area contributed by atoms with Crippen molar-refractivity contribution in [2.75, 3.05) is 0 Å². The number of carbonyl (C=O) groups is 1. The molecule has 1 aromatic carbocycles. The predicted molar refractivity (Wildman–Crippen MR) is 83.0 cm³/mol. The molecule has 0 fully saturated rings. The van der Waals surface area contributed by atoms with Crippen LogP contribution in [0.4, 0.5) is 0 Å². The molecule has 2 heterocycles. The SMILES string of the molecule is CCCC(=O)c1ccn(CC2Cc3cc(C)ccc3O2)c1. The fourth-order valence-corrected chi connectivity index (χ4v) is 2.88. The topological polar surface area (TPSA) is 31.2 Å². The largest absolute Gasteiger partial charge is 0.488 e. The number of benzene rings is 1. The fraction of sp³-hybridized carbons (Fsp3) is 0.389. The van der Waals surface area contributed by atoms with Crippen molar-refractivity contribution in [2.45, 2.75) is 45.8 Å². The lowest BCUT2D eigenvalue weighted by molar-refractivity contribution is 0.0981. The van der Waals surface area contributed by atoms with E-state index in [0.717, 1.165) is 30.7 Å². The minimum Gasteiger partial charge on any atom is -0.488 e. The first kappa shape index (κ1) is 13.9. The maximum Gasteiger partial charge on any atom is 0.164 e. The Hall–Kier alpha value is -2.03. The zero-order chi connectivity index (χ0) is 14.8. The Bertz CT molecular complexity index is 657. The highest BCUT2D eigenvalue weighted by atomic mass is 16.5. The van der Waals surface area contributed by atoms with Gasteiger partial charge in [-0.25, -0.2) is 0 Å². The van der Waals surface area contributed by atoms with E-state index in [2.05, 4.69) is 29.7 Å². The van der Waals surface area contributed by atoms with Gasteiger partial charge >= 0.3 is 0 Å². The number of hydrogen-bond acceptors (Lipinski definition) is 2. The smallest absolute Gasteiger partial charge is 0.164 e. The van der Waals surface area contributed by atoms with E-state index in [1.165, 1.54) is 11.1 Å². The average molecular weight is 283 g/mol. The summed E-state index contributed by atoms with van der Waals surface area (Å²) < 4.78 is 8.04. The van der Waals surface area contributed by atoms with Crippen LogP contribution in [0.15, 0.2) is 36.7 Å². The molecule has 1 aliphatic heterocycles. The van der Waals surface area contributed by atoms with Gasteiger partial charge in [0.1, 0.15) is 11.9 Å². The van der Waals surface area contributed by atoms with Crippen LogP contribution in [0.25, 0.3) is 0 Å². The van der Waals surface area contributed by atoms with Gasteiger partial charge in [0.15, 0.2) is 5.78 Å². The van der Waals surface area contributed by atoms with Crippen LogP contribution in [0, 0.1) is 6.92 Å². The summed E-state index contributed by atoms with van der Waals surface area (Å²) in [7, 11) is 0. The maximum atomic E-state index is 11.9. The molecule has 0 radical (unpaired) electrons. The molecule has 0 saturated heterocycles. The number of aromatic nitrogens is 1. The van der Waals surface area contributed by atoms with E-state index < -0.39 is 0 Å². The summed E-state index contributed by atoms with van der Waals surface area (Å²) in [5.41, 5.74) is 3.36. The van der Waals surface area contributed by atoms with Gasteiger partial charge in [0.2, 0.25) is 0 Å². The number of fused-ring (bicyclic) bond motifs is 1. The molecule has 0 N–H and O–H groups in total. The first-order valence-corrected chi connectivity index (χ1v) is 7.61. The fourth-order valence-electron chi connectivity index (χ4n) is 2.88. The highest BCUT2D eigenvalue weighted by Crippen LogP contribution is 2.30. The molecule has 3 heteroatoms. The molecule has 1 aromatic heterocycles. The van der Waals surface area contributed by atoms with Gasteiger partial charge in [-0.15, -0.1) is 0 Å². The number of carbonyl (C=O) groups excluding carboxylic acids is 1. The summed E-state index contributed by atoms with van der Waals surface area (Å²) in [6, 6.07) is 8.24. The minimum atomic E-state index is 0.156. The van der Waals surface area contributed by atoms with Crippen LogP contribution in [-0.4, -0.2) is 16.5 Å². The molecule has 0 bridgehead atoms. The van der Waals surface area contributed by atoms with E-state index in [0.29, 0.717) is 6.42 Å². The summed E-state index contributed by atoms with van der Waals surface area (Å²) in [5, 5.41) is 0. The third-order valence-electron chi connectivity index (χ3n) is 3.92. The molecule has 0 spiro atoms. The Balaban J connectivity index is 1.65. The van der Waals surface area contributed by atoms with Gasteiger partial charge in [-0.3, -0.25) is 4.79 Å². The Morgan fingerprint density at radius 2 is 2.24 bits per heavy atom. The quantitative estimate of drug-likeness (QED) is 0.782. The number of Topliss-reactive ketones (excluding diaryl/α,β-unsaturated/α-hetero) is 1. The second kappa shape index (κ2) is 5.76. The Kier molecular flexibility index (Phi) is 3.82. The monoisotopic (exact) mass is 283 g/mol. The number of hydrogen-bond donors (Lipinski definition) is 0. The molecule has 110 valence electrons. The van der Waals surface area contributed by atoms with Gasteiger partial charge in [-0.2, -0.15) is 0 Å². The number of aryl methyl sites for hydroxylation is 1. The van der Waals surface area contributed by atoms with Crippen molar-refractivity contribution in [1.82, 2.24) is 4.57 Å². The number of ether oxygens (including phenoxy) is 1. The lowest BCUT2D eigenvalue weighted by atomic mass is 10.1. The second-order valence-corrected chi connectivity index (χ2v) is 5.83. The van der Waals surface area contributed by atoms with Gasteiger partial charge in [0, 0.05) is 30.8 Å². The highest BCUT2D eigenvalue weighted by Gasteiger charge is 2.23. The minimum absolute atomic E-state index is 0.156. The zero-order valence-electron chi connectivity index (χ0n) is 12.6. The van der Waals surface area contributed by atoms with E-state index in [4.69, 9.17) is 4.74 Å². The van der Waals surface area contributed by atoms with Gasteiger partial charge in [0.05, 0.1) is 6.54 Å². The van der Waals surface area contributed by atoms with E-state index >= 15 is 0 Å². The lowest BCUT2D eigenvalue weighted by Gasteiger charge is -2.11. The first-order valence-electron chi connectivity index (χ1n) is 7.61. The molecule has 0 aliphatic carbocycles. The summed E-state index contributed by atoms with van der Waals surface area (Å²) in [6.45, 7) is 4.92. The van der Waals surface area contributed by atoms with Crippen molar-refractivity contribution in [1.29, 1.82) is 0 Å². The molecule has 3 nitrogen and oxygen atoms in total. The average Bonchev–Trinajstić information content (AvgIpc) is 3.05. The number of rotatable bonds is 5. The molecule has 1 unspecified atom stereocenters. The summed E-state index contributed by atoms with van der Waals surface area (Å²) >= 11 is 0. The first-order chi connectivity index (χ1) is 10.2. The van der Waals surface area contributed by atoms with Crippen LogP contribution in [0.2, 0.25) is 0 Å². The standard InChI is InChI=1S/C18H21NO2/c1-3-4-17(20)14-7-8-19(11-14)12-16-10-15-9-13(2)5-6-18(15)21-16/h5-9,11,16H,3-4,10,12H2,1-2H3. The van der Waals surface area contributed by atoms with Crippen molar-refractivity contribution < 1.29 is 9.53 Å². The van der Waals surface area contributed by atoms with E-state index in [1.54, 1.807) is 0 Å². The van der Waals surface area contributed by atoms with E-state index in [-0.39, 0.29) is 11.9 Å². The van der Waals surface area contributed by atoms with Crippen molar-refractivity contribution in [3.8, 4) is 5.75 Å². The molecule has 0 saturated carbocycles. The molecule has 2 aromatic rings. The normalized spacial score (nSPS) is 16.6. The van der Waals surface area contributed by atoms with Crippen LogP contribution in [0.3, 0.4) is 0 Å². The van der Waals surface area contributed by atoms with Crippen molar-refractivity contribution in [2.24, 2.45) is 0 Å². The van der Waals surface area contributed by atoms with Crippen LogP contribution >= 0.6 is 0 Å². The van der Waals surface area contributed by atoms with Gasteiger partial charge in [-0.05, 0) is 31.0 Å². The Morgan fingerprint density at radius 3 is 3.05 bits per heavy atom. The zero-order valence-corrected chi connectivity index (χ0v) is 12.6. The van der Waals surface area contributed by atoms with Crippen molar-refractivity contribution in [3.05, 3.63) is 53.3 Å². The van der Waals surface area contributed by atoms with Crippen LogP contribution in [0.5, 0.6) is 5.75 Å². The van der Waals surface area contributed by atoms with Gasteiger partial charge < -0.3 is 9.30 Å². The second-order valence-electron chi connectivity index (χ2n) is 5.83. The molecular formula is C18H21NO2. The number of nitrogens with zero attached hydrogens (tertiary/aromatic N) is 1. The predicted octanol–water partition coefficient (Wildman–Crippen LogP) is 3.78. The molecule has 21 heavy (non-hydrogen) atoms. The van der Waals surface area contributed by atoms with Crippen LogP contribution < -0.4 is 4.74 Å². The molecule has 1 atom stereocenters.